The number of carbonyl (C=O) groups is 1. The van der Waals surface area contributed by atoms with Gasteiger partial charge in [-0.15, -0.1) is 0 Å². The van der Waals surface area contributed by atoms with Gasteiger partial charge in [-0.1, -0.05) is 53.7 Å². The summed E-state index contributed by atoms with van der Waals surface area (Å²) in [5, 5.41) is 3.33. The lowest BCUT2D eigenvalue weighted by Gasteiger charge is -2.09. The SMILES string of the molecule is Cc1ccc(Cn2ccnc2SCC(=O)Nc2ccccc2F)cc1. The number of rotatable bonds is 6. The van der Waals surface area contributed by atoms with Crippen molar-refractivity contribution in [1.82, 2.24) is 9.55 Å². The van der Waals surface area contributed by atoms with Crippen LogP contribution in [-0.4, -0.2) is 21.2 Å². The number of anilines is 1. The van der Waals surface area contributed by atoms with Crippen molar-refractivity contribution in [3.63, 3.8) is 0 Å². The highest BCUT2D eigenvalue weighted by atomic mass is 32.2. The number of aromatic nitrogens is 2. The summed E-state index contributed by atoms with van der Waals surface area (Å²) in [6.07, 6.45) is 3.60. The third-order valence-electron chi connectivity index (χ3n) is 3.63. The van der Waals surface area contributed by atoms with Crippen LogP contribution >= 0.6 is 11.8 Å². The van der Waals surface area contributed by atoms with E-state index in [0.29, 0.717) is 6.54 Å². The second kappa shape index (κ2) is 7.98. The Hall–Kier alpha value is -2.60. The summed E-state index contributed by atoms with van der Waals surface area (Å²) >= 11 is 1.33. The first-order valence-corrected chi connectivity index (χ1v) is 8.84. The Kier molecular flexibility index (Phi) is 5.50. The molecular weight excluding hydrogens is 337 g/mol. The van der Waals surface area contributed by atoms with E-state index in [2.05, 4.69) is 41.5 Å². The van der Waals surface area contributed by atoms with Gasteiger partial charge in [-0.05, 0) is 24.6 Å². The second-order valence-electron chi connectivity index (χ2n) is 5.64. The zero-order valence-corrected chi connectivity index (χ0v) is 14.6. The number of nitrogens with zero attached hydrogens (tertiary/aromatic N) is 2. The molecule has 4 nitrogen and oxygen atoms in total. The molecule has 0 aliphatic rings. The molecule has 0 aliphatic heterocycles. The number of carbonyl (C=O) groups excluding carboxylic acids is 1. The highest BCUT2D eigenvalue weighted by Gasteiger charge is 2.10. The fourth-order valence-corrected chi connectivity index (χ4v) is 3.08. The number of hydrogen-bond acceptors (Lipinski definition) is 3. The Morgan fingerprint density at radius 2 is 1.96 bits per heavy atom. The predicted octanol–water partition coefficient (Wildman–Crippen LogP) is 4.11. The Bertz CT molecular complexity index is 861. The molecule has 2 aromatic carbocycles. The molecule has 6 heteroatoms. The number of aryl methyl sites for hydroxylation is 1. The number of halogens is 1. The molecule has 25 heavy (non-hydrogen) atoms. The fourth-order valence-electron chi connectivity index (χ4n) is 2.33. The van der Waals surface area contributed by atoms with Crippen LogP contribution in [0.1, 0.15) is 11.1 Å². The Balaban J connectivity index is 1.59. The largest absolute Gasteiger partial charge is 0.323 e. The summed E-state index contributed by atoms with van der Waals surface area (Å²) in [6, 6.07) is 14.4. The van der Waals surface area contributed by atoms with E-state index in [0.717, 1.165) is 5.16 Å². The molecule has 0 saturated carbocycles. The first kappa shape index (κ1) is 17.2. The van der Waals surface area contributed by atoms with Gasteiger partial charge in [0.05, 0.1) is 11.4 Å². The standard InChI is InChI=1S/C19H18FN3OS/c1-14-6-8-15(9-7-14)12-23-11-10-21-19(23)25-13-18(24)22-17-5-3-2-4-16(17)20/h2-11H,12-13H2,1H3,(H,22,24). The van der Waals surface area contributed by atoms with Crippen LogP contribution < -0.4 is 5.32 Å². The third-order valence-corrected chi connectivity index (χ3v) is 4.64. The minimum atomic E-state index is -0.443. The minimum absolute atomic E-state index is 0.166. The van der Waals surface area contributed by atoms with E-state index in [1.165, 1.54) is 35.0 Å². The summed E-state index contributed by atoms with van der Waals surface area (Å²) in [5.41, 5.74) is 2.58. The van der Waals surface area contributed by atoms with Crippen molar-refractivity contribution in [2.45, 2.75) is 18.6 Å². The first-order valence-electron chi connectivity index (χ1n) is 7.85. The van der Waals surface area contributed by atoms with Crippen molar-refractivity contribution >= 4 is 23.4 Å². The zero-order chi connectivity index (χ0) is 17.6. The highest BCUT2D eigenvalue weighted by Crippen LogP contribution is 2.19. The average molecular weight is 355 g/mol. The van der Waals surface area contributed by atoms with Crippen LogP contribution in [0.15, 0.2) is 66.1 Å². The number of amides is 1. The number of para-hydroxylation sites is 1. The molecule has 0 radical (unpaired) electrons. The van der Waals surface area contributed by atoms with Gasteiger partial charge in [0.15, 0.2) is 5.16 Å². The molecule has 3 aromatic rings. The van der Waals surface area contributed by atoms with E-state index < -0.39 is 5.82 Å². The van der Waals surface area contributed by atoms with Crippen molar-refractivity contribution in [2.75, 3.05) is 11.1 Å². The fraction of sp³-hybridized carbons (Fsp3) is 0.158. The summed E-state index contributed by atoms with van der Waals surface area (Å²) in [7, 11) is 0. The number of nitrogens with one attached hydrogen (secondary N) is 1. The van der Waals surface area contributed by atoms with Gasteiger partial charge in [0, 0.05) is 18.9 Å². The van der Waals surface area contributed by atoms with E-state index in [-0.39, 0.29) is 17.3 Å². The molecule has 0 spiro atoms. The molecule has 1 amide bonds. The van der Waals surface area contributed by atoms with E-state index in [4.69, 9.17) is 0 Å². The van der Waals surface area contributed by atoms with Crippen LogP contribution in [0, 0.1) is 12.7 Å². The van der Waals surface area contributed by atoms with Gasteiger partial charge in [0.2, 0.25) is 5.91 Å². The van der Waals surface area contributed by atoms with Gasteiger partial charge in [-0.2, -0.15) is 0 Å². The number of thioether (sulfide) groups is 1. The maximum absolute atomic E-state index is 13.6. The second-order valence-corrected chi connectivity index (χ2v) is 6.58. The van der Waals surface area contributed by atoms with E-state index in [9.17, 15) is 9.18 Å². The predicted molar refractivity (Wildman–Crippen MR) is 98.3 cm³/mol. The van der Waals surface area contributed by atoms with Gasteiger partial charge in [0.1, 0.15) is 5.82 Å². The molecule has 1 aromatic heterocycles. The van der Waals surface area contributed by atoms with Crippen LogP contribution in [-0.2, 0) is 11.3 Å². The molecule has 3 rings (SSSR count). The molecule has 0 atom stereocenters. The van der Waals surface area contributed by atoms with Crippen LogP contribution in [0.5, 0.6) is 0 Å². The number of imidazole rings is 1. The van der Waals surface area contributed by atoms with Gasteiger partial charge in [-0.3, -0.25) is 4.79 Å². The van der Waals surface area contributed by atoms with E-state index >= 15 is 0 Å². The highest BCUT2D eigenvalue weighted by molar-refractivity contribution is 7.99. The number of benzene rings is 2. The molecule has 128 valence electrons. The minimum Gasteiger partial charge on any atom is -0.323 e. The summed E-state index contributed by atoms with van der Waals surface area (Å²) in [5.74, 6) is -0.541. The van der Waals surface area contributed by atoms with Crippen molar-refractivity contribution in [1.29, 1.82) is 0 Å². The lowest BCUT2D eigenvalue weighted by atomic mass is 10.1. The van der Waals surface area contributed by atoms with Crippen molar-refractivity contribution in [3.8, 4) is 0 Å². The average Bonchev–Trinajstić information content (AvgIpc) is 3.04. The van der Waals surface area contributed by atoms with Crippen LogP contribution in [0.25, 0.3) is 0 Å². The molecule has 1 N–H and O–H groups in total. The van der Waals surface area contributed by atoms with Crippen LogP contribution in [0.2, 0.25) is 0 Å². The quantitative estimate of drug-likeness (QED) is 0.677. The van der Waals surface area contributed by atoms with Crippen LogP contribution in [0.3, 0.4) is 0 Å². The molecule has 0 saturated heterocycles. The molecule has 0 unspecified atom stereocenters. The maximum Gasteiger partial charge on any atom is 0.234 e. The Labute approximate surface area is 150 Å². The van der Waals surface area contributed by atoms with Crippen molar-refractivity contribution in [2.24, 2.45) is 0 Å². The zero-order valence-electron chi connectivity index (χ0n) is 13.8. The number of hydrogen-bond donors (Lipinski definition) is 1. The molecule has 0 fully saturated rings. The lowest BCUT2D eigenvalue weighted by molar-refractivity contribution is -0.113. The lowest BCUT2D eigenvalue weighted by Crippen LogP contribution is -2.15. The van der Waals surface area contributed by atoms with E-state index in [1.54, 1.807) is 18.3 Å². The normalized spacial score (nSPS) is 10.6. The molecule has 1 heterocycles. The topological polar surface area (TPSA) is 46.9 Å². The van der Waals surface area contributed by atoms with Gasteiger partial charge < -0.3 is 9.88 Å². The van der Waals surface area contributed by atoms with E-state index in [1.807, 2.05) is 10.8 Å². The molecular formula is C19H18FN3OS. The third kappa shape index (κ3) is 4.70. The van der Waals surface area contributed by atoms with Crippen molar-refractivity contribution < 1.29 is 9.18 Å². The van der Waals surface area contributed by atoms with Gasteiger partial charge in [-0.25, -0.2) is 9.37 Å². The van der Waals surface area contributed by atoms with Gasteiger partial charge in [0.25, 0.3) is 0 Å². The Morgan fingerprint density at radius 3 is 2.72 bits per heavy atom. The van der Waals surface area contributed by atoms with Crippen molar-refractivity contribution in [3.05, 3.63) is 77.9 Å². The van der Waals surface area contributed by atoms with Gasteiger partial charge >= 0.3 is 0 Å². The molecule has 0 aliphatic carbocycles. The monoisotopic (exact) mass is 355 g/mol. The molecule has 0 bridgehead atoms. The van der Waals surface area contributed by atoms with Crippen LogP contribution in [0.4, 0.5) is 10.1 Å². The smallest absolute Gasteiger partial charge is 0.234 e. The first-order chi connectivity index (χ1) is 12.1. The Morgan fingerprint density at radius 1 is 1.20 bits per heavy atom. The maximum atomic E-state index is 13.6. The summed E-state index contributed by atoms with van der Waals surface area (Å²) in [4.78, 5) is 16.3. The summed E-state index contributed by atoms with van der Waals surface area (Å²) in [6.45, 7) is 2.74. The summed E-state index contributed by atoms with van der Waals surface area (Å²) < 4.78 is 15.6.